The van der Waals surface area contributed by atoms with E-state index >= 15 is 0 Å². The number of amides is 2. The highest BCUT2D eigenvalue weighted by Crippen LogP contribution is 2.20. The molecule has 1 N–H and O–H groups in total. The summed E-state index contributed by atoms with van der Waals surface area (Å²) in [4.78, 5) is 38.1. The predicted molar refractivity (Wildman–Crippen MR) is 126 cm³/mol. The van der Waals surface area contributed by atoms with Gasteiger partial charge in [-0.1, -0.05) is 29.8 Å². The second-order valence-electron chi connectivity index (χ2n) is 8.04. The molecule has 0 saturated carbocycles. The number of likely N-dealkylation sites (tertiary alicyclic amines) is 1. The van der Waals surface area contributed by atoms with Gasteiger partial charge in [-0.05, 0) is 68.5 Å². The van der Waals surface area contributed by atoms with Crippen LogP contribution in [-0.2, 0) is 9.53 Å². The van der Waals surface area contributed by atoms with Crippen molar-refractivity contribution in [3.05, 3.63) is 71.3 Å². The van der Waals surface area contributed by atoms with Gasteiger partial charge in [0.2, 0.25) is 5.91 Å². The molecule has 0 unspecified atom stereocenters. The molecule has 1 aliphatic rings. The first-order chi connectivity index (χ1) is 15.9. The Balaban J connectivity index is 1.41. The van der Waals surface area contributed by atoms with E-state index in [0.29, 0.717) is 36.9 Å². The van der Waals surface area contributed by atoms with E-state index in [4.69, 9.17) is 9.47 Å². The van der Waals surface area contributed by atoms with Crippen LogP contribution in [0.4, 0.5) is 4.79 Å². The number of nitrogens with one attached hydrogen (secondary N) is 1. The lowest BCUT2D eigenvalue weighted by atomic mass is 9.96. The standard InChI is InChI=1S/C26H30N2O5/c1-3-32-26(31)33-23-10-8-22(9-11-23)25(30)28-15-13-21(14-16-28)18-27-24(29)12-7-20-6-4-5-19(2)17-20/h4-12,17,21H,3,13-16,18H2,1-2H3,(H,27,29)/b12-7+. The monoisotopic (exact) mass is 450 g/mol. The quantitative estimate of drug-likeness (QED) is 0.388. The molecule has 2 aromatic rings. The van der Waals surface area contributed by atoms with Crippen LogP contribution in [0.1, 0.15) is 41.3 Å². The highest BCUT2D eigenvalue weighted by Gasteiger charge is 2.24. The van der Waals surface area contributed by atoms with Crippen molar-refractivity contribution in [2.45, 2.75) is 26.7 Å². The molecule has 2 aromatic carbocycles. The number of carbonyl (C=O) groups is 3. The average Bonchev–Trinajstić information content (AvgIpc) is 2.82. The number of nitrogens with zero attached hydrogens (tertiary/aromatic N) is 1. The molecule has 0 radical (unpaired) electrons. The molecule has 2 amide bonds. The van der Waals surface area contributed by atoms with Crippen LogP contribution in [0.5, 0.6) is 5.75 Å². The number of aryl methyl sites for hydroxylation is 1. The lowest BCUT2D eigenvalue weighted by molar-refractivity contribution is -0.116. The molecule has 33 heavy (non-hydrogen) atoms. The van der Waals surface area contributed by atoms with Crippen molar-refractivity contribution >= 4 is 24.0 Å². The van der Waals surface area contributed by atoms with Gasteiger partial charge in [-0.2, -0.15) is 0 Å². The van der Waals surface area contributed by atoms with Gasteiger partial charge in [0.25, 0.3) is 5.91 Å². The fraction of sp³-hybridized carbons (Fsp3) is 0.346. The van der Waals surface area contributed by atoms with Crippen LogP contribution in [0.15, 0.2) is 54.6 Å². The Labute approximate surface area is 194 Å². The average molecular weight is 451 g/mol. The number of hydrogen-bond acceptors (Lipinski definition) is 5. The van der Waals surface area contributed by atoms with E-state index in [-0.39, 0.29) is 18.4 Å². The number of ether oxygens (including phenoxy) is 2. The van der Waals surface area contributed by atoms with Crippen LogP contribution in [-0.4, -0.2) is 49.1 Å². The largest absolute Gasteiger partial charge is 0.513 e. The van der Waals surface area contributed by atoms with Crippen LogP contribution in [0.2, 0.25) is 0 Å². The van der Waals surface area contributed by atoms with E-state index in [1.807, 2.05) is 42.2 Å². The van der Waals surface area contributed by atoms with E-state index in [1.54, 1.807) is 37.3 Å². The minimum atomic E-state index is -0.767. The predicted octanol–water partition coefficient (Wildman–Crippen LogP) is 4.21. The Bertz CT molecular complexity index is 992. The SMILES string of the molecule is CCOC(=O)Oc1ccc(C(=O)N2CCC(CNC(=O)/C=C/c3cccc(C)c3)CC2)cc1. The minimum Gasteiger partial charge on any atom is -0.434 e. The lowest BCUT2D eigenvalue weighted by Crippen LogP contribution is -2.41. The van der Waals surface area contributed by atoms with Gasteiger partial charge < -0.3 is 19.7 Å². The molecule has 7 heteroatoms. The summed E-state index contributed by atoms with van der Waals surface area (Å²) < 4.78 is 9.75. The second-order valence-corrected chi connectivity index (χ2v) is 8.04. The number of carbonyl (C=O) groups excluding carboxylic acids is 3. The smallest absolute Gasteiger partial charge is 0.434 e. The summed E-state index contributed by atoms with van der Waals surface area (Å²) >= 11 is 0. The molecule has 0 aromatic heterocycles. The van der Waals surface area contributed by atoms with Crippen molar-refractivity contribution < 1.29 is 23.9 Å². The van der Waals surface area contributed by atoms with Gasteiger partial charge in [-0.15, -0.1) is 0 Å². The highest BCUT2D eigenvalue weighted by molar-refractivity contribution is 5.94. The molecule has 3 rings (SSSR count). The maximum Gasteiger partial charge on any atom is 0.513 e. The molecule has 0 aliphatic carbocycles. The van der Waals surface area contributed by atoms with Crippen molar-refractivity contribution in [2.24, 2.45) is 5.92 Å². The van der Waals surface area contributed by atoms with Crippen LogP contribution < -0.4 is 10.1 Å². The van der Waals surface area contributed by atoms with Gasteiger partial charge in [0.05, 0.1) is 6.61 Å². The first-order valence-electron chi connectivity index (χ1n) is 11.2. The molecule has 1 fully saturated rings. The molecule has 1 saturated heterocycles. The minimum absolute atomic E-state index is 0.0544. The number of rotatable bonds is 7. The first kappa shape index (κ1) is 24.0. The zero-order valence-corrected chi connectivity index (χ0v) is 19.1. The van der Waals surface area contributed by atoms with E-state index in [9.17, 15) is 14.4 Å². The van der Waals surface area contributed by atoms with Crippen molar-refractivity contribution in [3.63, 3.8) is 0 Å². The summed E-state index contributed by atoms with van der Waals surface area (Å²) in [6, 6.07) is 14.4. The maximum absolute atomic E-state index is 12.8. The number of benzene rings is 2. The van der Waals surface area contributed by atoms with Crippen LogP contribution >= 0.6 is 0 Å². The van der Waals surface area contributed by atoms with Gasteiger partial charge in [0.1, 0.15) is 5.75 Å². The highest BCUT2D eigenvalue weighted by atomic mass is 16.7. The second kappa shape index (κ2) is 11.9. The van der Waals surface area contributed by atoms with Crippen molar-refractivity contribution in [1.29, 1.82) is 0 Å². The van der Waals surface area contributed by atoms with Crippen molar-refractivity contribution in [2.75, 3.05) is 26.2 Å². The van der Waals surface area contributed by atoms with E-state index in [0.717, 1.165) is 24.0 Å². The number of hydrogen-bond donors (Lipinski definition) is 1. The third-order valence-corrected chi connectivity index (χ3v) is 5.50. The summed E-state index contributed by atoms with van der Waals surface area (Å²) in [6.07, 6.45) is 4.27. The van der Waals surface area contributed by atoms with Crippen molar-refractivity contribution in [1.82, 2.24) is 10.2 Å². The summed E-state index contributed by atoms with van der Waals surface area (Å²) in [5.74, 6) is 0.503. The Morgan fingerprint density at radius 1 is 1.09 bits per heavy atom. The van der Waals surface area contributed by atoms with E-state index in [1.165, 1.54) is 0 Å². The van der Waals surface area contributed by atoms with Gasteiger partial charge >= 0.3 is 6.16 Å². The van der Waals surface area contributed by atoms with Crippen LogP contribution in [0, 0.1) is 12.8 Å². The Kier molecular flexibility index (Phi) is 8.63. The van der Waals surface area contributed by atoms with E-state index < -0.39 is 6.16 Å². The summed E-state index contributed by atoms with van der Waals surface area (Å²) in [5.41, 5.74) is 2.69. The molecule has 0 bridgehead atoms. The molecule has 0 spiro atoms. The lowest BCUT2D eigenvalue weighted by Gasteiger charge is -2.32. The number of piperidine rings is 1. The Morgan fingerprint density at radius 2 is 1.82 bits per heavy atom. The molecular weight excluding hydrogens is 420 g/mol. The van der Waals surface area contributed by atoms with Crippen LogP contribution in [0.3, 0.4) is 0 Å². The van der Waals surface area contributed by atoms with Crippen molar-refractivity contribution in [3.8, 4) is 5.75 Å². The third-order valence-electron chi connectivity index (χ3n) is 5.50. The topological polar surface area (TPSA) is 84.9 Å². The molecule has 1 aliphatic heterocycles. The molecule has 7 nitrogen and oxygen atoms in total. The summed E-state index contributed by atoms with van der Waals surface area (Å²) in [5, 5.41) is 2.96. The fourth-order valence-electron chi connectivity index (χ4n) is 3.68. The van der Waals surface area contributed by atoms with Gasteiger partial charge in [0, 0.05) is 31.3 Å². The first-order valence-corrected chi connectivity index (χ1v) is 11.2. The maximum atomic E-state index is 12.8. The normalized spacial score (nSPS) is 14.2. The molecule has 1 heterocycles. The summed E-state index contributed by atoms with van der Waals surface area (Å²) in [6.45, 7) is 5.82. The molecular formula is C26H30N2O5. The Morgan fingerprint density at radius 3 is 2.48 bits per heavy atom. The third kappa shape index (κ3) is 7.49. The molecule has 174 valence electrons. The van der Waals surface area contributed by atoms with E-state index in [2.05, 4.69) is 5.32 Å². The van der Waals surface area contributed by atoms with Crippen LogP contribution in [0.25, 0.3) is 6.08 Å². The zero-order valence-electron chi connectivity index (χ0n) is 19.1. The molecule has 0 atom stereocenters. The summed E-state index contributed by atoms with van der Waals surface area (Å²) in [7, 11) is 0. The Hall–Kier alpha value is -3.61. The van der Waals surface area contributed by atoms with Gasteiger partial charge in [-0.25, -0.2) is 4.79 Å². The fourth-order valence-corrected chi connectivity index (χ4v) is 3.68. The van der Waals surface area contributed by atoms with Gasteiger partial charge in [-0.3, -0.25) is 9.59 Å². The van der Waals surface area contributed by atoms with Gasteiger partial charge in [0.15, 0.2) is 0 Å². The zero-order chi connectivity index (χ0) is 23.6.